The number of carbonyl (C=O) groups is 1. The topological polar surface area (TPSA) is 42.9 Å². The second-order valence-corrected chi connectivity index (χ2v) is 4.17. The van der Waals surface area contributed by atoms with Crippen LogP contribution in [0.1, 0.15) is 23.0 Å². The van der Waals surface area contributed by atoms with E-state index in [2.05, 4.69) is 25.9 Å². The number of halogens is 1. The number of benzene rings is 1. The fourth-order valence-electron chi connectivity index (χ4n) is 1.54. The van der Waals surface area contributed by atoms with Crippen molar-refractivity contribution in [3.8, 4) is 11.4 Å². The molecule has 86 valence electrons. The molecule has 1 aromatic carbocycles. The maximum absolute atomic E-state index is 11.4. The summed E-state index contributed by atoms with van der Waals surface area (Å²) >= 11 is 3.34. The zero-order chi connectivity index (χ0) is 12.3. The molecule has 3 nitrogen and oxygen atoms in total. The van der Waals surface area contributed by atoms with E-state index >= 15 is 0 Å². The van der Waals surface area contributed by atoms with E-state index in [-0.39, 0.29) is 5.78 Å². The van der Waals surface area contributed by atoms with E-state index in [1.54, 1.807) is 6.20 Å². The average molecular weight is 291 g/mol. The lowest BCUT2D eigenvalue weighted by molar-refractivity contribution is 0.101. The molecule has 1 aromatic heterocycles. The number of nitrogens with zero attached hydrogens (tertiary/aromatic N) is 2. The summed E-state index contributed by atoms with van der Waals surface area (Å²) in [6.07, 6.45) is 1.59. The molecule has 0 aliphatic carbocycles. The van der Waals surface area contributed by atoms with Crippen LogP contribution in [0.5, 0.6) is 0 Å². The van der Waals surface area contributed by atoms with Crippen LogP contribution in [0.2, 0.25) is 0 Å². The second kappa shape index (κ2) is 5.19. The summed E-state index contributed by atoms with van der Waals surface area (Å²) in [5.74, 6) is 0.629. The van der Waals surface area contributed by atoms with Crippen LogP contribution in [-0.2, 0) is 5.33 Å². The molecule has 2 rings (SSSR count). The summed E-state index contributed by atoms with van der Waals surface area (Å²) in [5.41, 5.74) is 2.25. The van der Waals surface area contributed by atoms with Gasteiger partial charge in [-0.1, -0.05) is 46.3 Å². The lowest BCUT2D eigenvalue weighted by atomic mass is 10.1. The Morgan fingerprint density at radius 3 is 2.59 bits per heavy atom. The van der Waals surface area contributed by atoms with Crippen LogP contribution in [0.4, 0.5) is 0 Å². The van der Waals surface area contributed by atoms with Crippen LogP contribution in [0, 0.1) is 0 Å². The molecule has 0 aliphatic rings. The van der Waals surface area contributed by atoms with Crippen molar-refractivity contribution in [3.63, 3.8) is 0 Å². The zero-order valence-corrected chi connectivity index (χ0v) is 10.9. The highest BCUT2D eigenvalue weighted by atomic mass is 79.9. The number of rotatable bonds is 3. The Morgan fingerprint density at radius 2 is 2.00 bits per heavy atom. The van der Waals surface area contributed by atoms with E-state index in [0.717, 1.165) is 11.3 Å². The second-order valence-electron chi connectivity index (χ2n) is 3.61. The first-order chi connectivity index (χ1) is 8.22. The third-order valence-corrected chi connectivity index (χ3v) is 2.94. The monoisotopic (exact) mass is 290 g/mol. The van der Waals surface area contributed by atoms with Crippen molar-refractivity contribution in [2.45, 2.75) is 12.3 Å². The quantitative estimate of drug-likeness (QED) is 0.644. The highest BCUT2D eigenvalue weighted by Crippen LogP contribution is 2.17. The van der Waals surface area contributed by atoms with Gasteiger partial charge in [0.15, 0.2) is 11.6 Å². The summed E-state index contributed by atoms with van der Waals surface area (Å²) in [6, 6.07) is 9.71. The van der Waals surface area contributed by atoms with E-state index in [9.17, 15) is 4.79 Å². The fraction of sp³-hybridized carbons (Fsp3) is 0.154. The molecule has 0 fully saturated rings. The van der Waals surface area contributed by atoms with Crippen molar-refractivity contribution >= 4 is 21.7 Å². The molecule has 0 saturated heterocycles. The summed E-state index contributed by atoms with van der Waals surface area (Å²) in [7, 11) is 0. The molecule has 0 amide bonds. The van der Waals surface area contributed by atoms with Gasteiger partial charge in [0.05, 0.1) is 11.3 Å². The molecular formula is C13H11BrN2O. The minimum Gasteiger partial charge on any atom is -0.294 e. The number of carbonyl (C=O) groups excluding carboxylic acids is 1. The number of Topliss-reactive ketones (excluding diaryl/α,β-unsaturated/α-hetero) is 1. The molecule has 0 N–H and O–H groups in total. The Labute approximate surface area is 108 Å². The van der Waals surface area contributed by atoms with Gasteiger partial charge < -0.3 is 0 Å². The third-order valence-electron chi connectivity index (χ3n) is 2.41. The Morgan fingerprint density at radius 1 is 1.29 bits per heavy atom. The van der Waals surface area contributed by atoms with Crippen LogP contribution < -0.4 is 0 Å². The zero-order valence-electron chi connectivity index (χ0n) is 9.35. The lowest BCUT2D eigenvalue weighted by Gasteiger charge is -2.05. The molecule has 4 heteroatoms. The van der Waals surface area contributed by atoms with Crippen molar-refractivity contribution < 1.29 is 4.79 Å². The molecule has 0 bridgehead atoms. The highest BCUT2D eigenvalue weighted by Gasteiger charge is 2.10. The Hall–Kier alpha value is -1.55. The minimum absolute atomic E-state index is 0.0148. The van der Waals surface area contributed by atoms with Gasteiger partial charge in [0.2, 0.25) is 0 Å². The number of hydrogen-bond donors (Lipinski definition) is 0. The largest absolute Gasteiger partial charge is 0.294 e. The maximum Gasteiger partial charge on any atom is 0.163 e. The molecule has 17 heavy (non-hydrogen) atoms. The molecule has 0 unspecified atom stereocenters. The number of ketones is 1. The third kappa shape index (κ3) is 2.58. The van der Waals surface area contributed by atoms with Gasteiger partial charge in [0.25, 0.3) is 0 Å². The van der Waals surface area contributed by atoms with Crippen molar-refractivity contribution in [2.75, 3.05) is 0 Å². The summed E-state index contributed by atoms with van der Waals surface area (Å²) in [4.78, 5) is 20.0. The van der Waals surface area contributed by atoms with Gasteiger partial charge in [-0.05, 0) is 6.92 Å². The molecule has 0 radical (unpaired) electrons. The Balaban J connectivity index is 2.49. The van der Waals surface area contributed by atoms with E-state index in [0.29, 0.717) is 16.7 Å². The van der Waals surface area contributed by atoms with Gasteiger partial charge in [0, 0.05) is 17.1 Å². The summed E-state index contributed by atoms with van der Waals surface area (Å²) < 4.78 is 0. The van der Waals surface area contributed by atoms with Gasteiger partial charge in [-0.3, -0.25) is 4.79 Å². The van der Waals surface area contributed by atoms with Gasteiger partial charge in [-0.25, -0.2) is 9.97 Å². The molecule has 0 spiro atoms. The van der Waals surface area contributed by atoms with Gasteiger partial charge in [-0.2, -0.15) is 0 Å². The molecule has 0 atom stereocenters. The number of alkyl halides is 1. The first kappa shape index (κ1) is 11.9. The Bertz CT molecular complexity index is 540. The van der Waals surface area contributed by atoms with Crippen molar-refractivity contribution in [1.82, 2.24) is 9.97 Å². The molecule has 0 aliphatic heterocycles. The normalized spacial score (nSPS) is 10.2. The standard InChI is InChI=1S/C13H11BrN2O/c1-9(17)11-8-15-13(16-12(11)7-14)10-5-3-2-4-6-10/h2-6,8H,7H2,1H3. The van der Waals surface area contributed by atoms with Crippen molar-refractivity contribution in [1.29, 1.82) is 0 Å². The van der Waals surface area contributed by atoms with Crippen molar-refractivity contribution in [3.05, 3.63) is 47.8 Å². The lowest BCUT2D eigenvalue weighted by Crippen LogP contribution is -2.03. The van der Waals surface area contributed by atoms with E-state index in [4.69, 9.17) is 0 Å². The number of hydrogen-bond acceptors (Lipinski definition) is 3. The molecule has 1 heterocycles. The van der Waals surface area contributed by atoms with E-state index in [1.165, 1.54) is 6.92 Å². The molecular weight excluding hydrogens is 280 g/mol. The highest BCUT2D eigenvalue weighted by molar-refractivity contribution is 9.08. The fourth-order valence-corrected chi connectivity index (χ4v) is 1.97. The smallest absolute Gasteiger partial charge is 0.163 e. The summed E-state index contributed by atoms with van der Waals surface area (Å²) in [6.45, 7) is 1.52. The van der Waals surface area contributed by atoms with Crippen molar-refractivity contribution in [2.24, 2.45) is 0 Å². The van der Waals surface area contributed by atoms with Gasteiger partial charge in [-0.15, -0.1) is 0 Å². The van der Waals surface area contributed by atoms with Crippen LogP contribution in [0.25, 0.3) is 11.4 Å². The predicted octanol–water partition coefficient (Wildman–Crippen LogP) is 3.24. The first-order valence-corrected chi connectivity index (χ1v) is 6.32. The van der Waals surface area contributed by atoms with Crippen LogP contribution in [0.15, 0.2) is 36.5 Å². The summed E-state index contributed by atoms with van der Waals surface area (Å²) in [5, 5.41) is 0.546. The molecule has 0 saturated carbocycles. The van der Waals surface area contributed by atoms with Gasteiger partial charge >= 0.3 is 0 Å². The number of aromatic nitrogens is 2. The van der Waals surface area contributed by atoms with Gasteiger partial charge in [0.1, 0.15) is 0 Å². The Kier molecular flexibility index (Phi) is 3.64. The van der Waals surface area contributed by atoms with E-state index < -0.39 is 0 Å². The minimum atomic E-state index is -0.0148. The first-order valence-electron chi connectivity index (χ1n) is 5.20. The molecule has 2 aromatic rings. The average Bonchev–Trinajstić information content (AvgIpc) is 2.39. The SMILES string of the molecule is CC(=O)c1cnc(-c2ccccc2)nc1CBr. The van der Waals surface area contributed by atoms with Crippen LogP contribution in [0.3, 0.4) is 0 Å². The van der Waals surface area contributed by atoms with E-state index in [1.807, 2.05) is 30.3 Å². The maximum atomic E-state index is 11.4. The van der Waals surface area contributed by atoms with Crippen LogP contribution >= 0.6 is 15.9 Å². The van der Waals surface area contributed by atoms with Crippen LogP contribution in [-0.4, -0.2) is 15.8 Å². The predicted molar refractivity (Wildman–Crippen MR) is 70.1 cm³/mol.